The van der Waals surface area contributed by atoms with Gasteiger partial charge in [0.1, 0.15) is 5.01 Å². The monoisotopic (exact) mass is 245 g/mol. The lowest BCUT2D eigenvalue weighted by atomic mass is 10.0. The average molecular weight is 245 g/mol. The molecule has 88 valence electrons. The number of allylic oxidation sites excluding steroid dienone is 6. The van der Waals surface area contributed by atoms with Crippen molar-refractivity contribution in [3.63, 3.8) is 0 Å². The van der Waals surface area contributed by atoms with Gasteiger partial charge in [0.2, 0.25) is 0 Å². The van der Waals surface area contributed by atoms with Gasteiger partial charge >= 0.3 is 0 Å². The highest BCUT2D eigenvalue weighted by Crippen LogP contribution is 2.31. The Kier molecular flexibility index (Phi) is 3.69. The molecule has 0 aliphatic heterocycles. The molecular formula is C14H15NOS. The molecule has 1 aromatic heterocycles. The average Bonchev–Trinajstić information content (AvgIpc) is 2.57. The van der Waals surface area contributed by atoms with E-state index in [1.165, 1.54) is 22.5 Å². The predicted octanol–water partition coefficient (Wildman–Crippen LogP) is 3.94. The first kappa shape index (κ1) is 12.0. The molecule has 1 aliphatic rings. The summed E-state index contributed by atoms with van der Waals surface area (Å²) in [6.45, 7) is 4.02. The number of carbonyl (C=O) groups is 1. The van der Waals surface area contributed by atoms with Gasteiger partial charge in [0.15, 0.2) is 6.29 Å². The molecule has 3 heteroatoms. The van der Waals surface area contributed by atoms with Gasteiger partial charge in [-0.2, -0.15) is 0 Å². The smallest absolute Gasteiger partial charge is 0.161 e. The van der Waals surface area contributed by atoms with Crippen LogP contribution in [0.3, 0.4) is 0 Å². The van der Waals surface area contributed by atoms with Crippen molar-refractivity contribution in [2.75, 3.05) is 0 Å². The predicted molar refractivity (Wildman–Crippen MR) is 72.3 cm³/mol. The molecule has 0 radical (unpaired) electrons. The van der Waals surface area contributed by atoms with Crippen molar-refractivity contribution in [2.24, 2.45) is 0 Å². The molecule has 2 nitrogen and oxygen atoms in total. The van der Waals surface area contributed by atoms with Gasteiger partial charge in [0.25, 0.3) is 0 Å². The van der Waals surface area contributed by atoms with Crippen molar-refractivity contribution >= 4 is 23.2 Å². The number of aromatic nitrogens is 1. The molecular weight excluding hydrogens is 230 g/mol. The highest BCUT2D eigenvalue weighted by atomic mass is 32.1. The second-order valence-corrected chi connectivity index (χ2v) is 4.94. The Balaban J connectivity index is 2.44. The molecule has 0 aromatic carbocycles. The molecule has 0 saturated carbocycles. The van der Waals surface area contributed by atoms with Crippen LogP contribution in [-0.4, -0.2) is 11.3 Å². The molecule has 0 fully saturated rings. The number of aryl methyl sites for hydroxylation is 1. The lowest BCUT2D eigenvalue weighted by molar-refractivity contribution is 0.112. The second-order valence-electron chi connectivity index (χ2n) is 3.91. The molecule has 0 N–H and O–H groups in total. The Hall–Kier alpha value is -1.48. The van der Waals surface area contributed by atoms with Crippen molar-refractivity contribution in [3.05, 3.63) is 45.5 Å². The Morgan fingerprint density at radius 2 is 2.35 bits per heavy atom. The van der Waals surface area contributed by atoms with Crippen LogP contribution in [-0.2, 0) is 0 Å². The minimum absolute atomic E-state index is 0.730. The van der Waals surface area contributed by atoms with E-state index in [2.05, 4.69) is 36.2 Å². The van der Waals surface area contributed by atoms with Crippen molar-refractivity contribution in [3.8, 4) is 0 Å². The Morgan fingerprint density at radius 3 is 3.00 bits per heavy atom. The lowest BCUT2D eigenvalue weighted by Crippen LogP contribution is -1.88. The fourth-order valence-electron chi connectivity index (χ4n) is 1.84. The molecule has 1 aromatic rings. The fraction of sp³-hybridized carbons (Fsp3) is 0.286. The van der Waals surface area contributed by atoms with E-state index in [1.54, 1.807) is 0 Å². The molecule has 0 amide bonds. The van der Waals surface area contributed by atoms with Gasteiger partial charge in [0.05, 0.1) is 10.6 Å². The summed E-state index contributed by atoms with van der Waals surface area (Å²) in [7, 11) is 0. The van der Waals surface area contributed by atoms with Crippen LogP contribution < -0.4 is 0 Å². The number of aldehydes is 1. The van der Waals surface area contributed by atoms with Crippen LogP contribution in [0, 0.1) is 6.92 Å². The van der Waals surface area contributed by atoms with E-state index in [1.807, 2.05) is 6.92 Å². The fourth-order valence-corrected chi connectivity index (χ4v) is 2.79. The largest absolute Gasteiger partial charge is 0.297 e. The molecule has 0 saturated heterocycles. The van der Waals surface area contributed by atoms with Gasteiger partial charge in [0, 0.05) is 5.57 Å². The quantitative estimate of drug-likeness (QED) is 0.755. The summed E-state index contributed by atoms with van der Waals surface area (Å²) < 4.78 is 0. The highest BCUT2D eigenvalue weighted by molar-refractivity contribution is 7.14. The molecule has 1 heterocycles. The van der Waals surface area contributed by atoms with Gasteiger partial charge in [-0.3, -0.25) is 4.79 Å². The summed E-state index contributed by atoms with van der Waals surface area (Å²) in [6, 6.07) is 0. The van der Waals surface area contributed by atoms with Crippen LogP contribution in [0.5, 0.6) is 0 Å². The normalized spacial score (nSPS) is 15.2. The summed E-state index contributed by atoms with van der Waals surface area (Å²) in [4.78, 5) is 16.1. The van der Waals surface area contributed by atoms with Gasteiger partial charge < -0.3 is 0 Å². The zero-order chi connectivity index (χ0) is 12.3. The molecule has 2 rings (SSSR count). The van der Waals surface area contributed by atoms with Crippen LogP contribution in [0.4, 0.5) is 0 Å². The number of rotatable bonds is 3. The zero-order valence-electron chi connectivity index (χ0n) is 10.1. The van der Waals surface area contributed by atoms with Crippen LogP contribution in [0.15, 0.2) is 29.9 Å². The molecule has 0 spiro atoms. The summed E-state index contributed by atoms with van der Waals surface area (Å²) in [5.74, 6) is 0. The van der Waals surface area contributed by atoms with E-state index >= 15 is 0 Å². The highest BCUT2D eigenvalue weighted by Gasteiger charge is 2.13. The van der Waals surface area contributed by atoms with E-state index in [0.717, 1.165) is 34.7 Å². The van der Waals surface area contributed by atoms with Crippen LogP contribution in [0.25, 0.3) is 5.57 Å². The summed E-state index contributed by atoms with van der Waals surface area (Å²) in [6.07, 6.45) is 11.3. The third-order valence-electron chi connectivity index (χ3n) is 2.79. The first-order valence-corrected chi connectivity index (χ1v) is 6.57. The number of nitrogens with zero attached hydrogens (tertiary/aromatic N) is 1. The van der Waals surface area contributed by atoms with Gasteiger partial charge in [-0.05, 0) is 25.3 Å². The Morgan fingerprint density at radius 1 is 1.53 bits per heavy atom. The number of thiazole rings is 1. The second kappa shape index (κ2) is 5.23. The number of hydrogen-bond donors (Lipinski definition) is 0. The molecule has 17 heavy (non-hydrogen) atoms. The van der Waals surface area contributed by atoms with E-state index in [-0.39, 0.29) is 0 Å². The van der Waals surface area contributed by atoms with Gasteiger partial charge in [-0.1, -0.05) is 31.2 Å². The SMILES string of the molecule is CCC1=CC=CCC=C1c1nc(C)c(C=O)s1. The first-order chi connectivity index (χ1) is 8.26. The maximum atomic E-state index is 10.9. The topological polar surface area (TPSA) is 30.0 Å². The van der Waals surface area contributed by atoms with E-state index in [9.17, 15) is 4.79 Å². The Bertz CT molecular complexity index is 520. The van der Waals surface area contributed by atoms with Crippen LogP contribution >= 0.6 is 11.3 Å². The third kappa shape index (κ3) is 2.44. The van der Waals surface area contributed by atoms with Crippen molar-refractivity contribution < 1.29 is 4.79 Å². The minimum Gasteiger partial charge on any atom is -0.297 e. The lowest BCUT2D eigenvalue weighted by Gasteiger charge is -2.05. The van der Waals surface area contributed by atoms with Crippen LogP contribution in [0.1, 0.15) is 40.1 Å². The Labute approximate surface area is 105 Å². The molecule has 0 bridgehead atoms. The standard InChI is InChI=1S/C14H15NOS/c1-3-11-7-5-4-6-8-12(11)14-15-10(2)13(9-16)17-14/h4-5,7-9H,3,6H2,1-2H3. The maximum Gasteiger partial charge on any atom is 0.161 e. The first-order valence-electron chi connectivity index (χ1n) is 5.75. The van der Waals surface area contributed by atoms with E-state index < -0.39 is 0 Å². The molecule has 0 atom stereocenters. The number of hydrogen-bond acceptors (Lipinski definition) is 3. The van der Waals surface area contributed by atoms with Crippen molar-refractivity contribution in [1.29, 1.82) is 0 Å². The van der Waals surface area contributed by atoms with Gasteiger partial charge in [-0.25, -0.2) is 4.98 Å². The van der Waals surface area contributed by atoms with Crippen molar-refractivity contribution in [2.45, 2.75) is 26.7 Å². The summed E-state index contributed by atoms with van der Waals surface area (Å²) in [5, 5.41) is 0.960. The van der Waals surface area contributed by atoms with Crippen molar-refractivity contribution in [1.82, 2.24) is 4.98 Å². The third-order valence-corrected chi connectivity index (χ3v) is 3.90. The zero-order valence-corrected chi connectivity index (χ0v) is 10.9. The minimum atomic E-state index is 0.730. The summed E-state index contributed by atoms with van der Waals surface area (Å²) >= 11 is 1.48. The maximum absolute atomic E-state index is 10.9. The molecule has 1 aliphatic carbocycles. The number of carbonyl (C=O) groups excluding carboxylic acids is 1. The molecule has 0 unspecified atom stereocenters. The van der Waals surface area contributed by atoms with E-state index in [4.69, 9.17) is 0 Å². The summed E-state index contributed by atoms with van der Waals surface area (Å²) in [5.41, 5.74) is 3.29. The van der Waals surface area contributed by atoms with E-state index in [0.29, 0.717) is 0 Å². The van der Waals surface area contributed by atoms with Gasteiger partial charge in [-0.15, -0.1) is 11.3 Å². The van der Waals surface area contributed by atoms with Crippen LogP contribution in [0.2, 0.25) is 0 Å².